The van der Waals surface area contributed by atoms with Gasteiger partial charge in [0, 0.05) is 33.9 Å². The standard InChI is InChI=1S/C23H27Cl3N2O2S/c1-3-4-10-27-23(30)16(2)28(13-17-6-5-7-19(24)11-17)22(29)15-31-14-18-8-9-20(25)12-21(18)26/h5-9,11-12,16H,3-4,10,13-15H2,1-2H3,(H,27,30)/t16-/m0/s1. The smallest absolute Gasteiger partial charge is 0.242 e. The second-order valence-corrected chi connectivity index (χ2v) is 9.47. The molecule has 0 bridgehead atoms. The summed E-state index contributed by atoms with van der Waals surface area (Å²) in [5.74, 6) is 0.526. The van der Waals surface area contributed by atoms with Crippen molar-refractivity contribution >= 4 is 58.4 Å². The average molecular weight is 502 g/mol. The van der Waals surface area contributed by atoms with Gasteiger partial charge in [-0.2, -0.15) is 0 Å². The minimum atomic E-state index is -0.594. The van der Waals surface area contributed by atoms with Crippen LogP contribution in [0.15, 0.2) is 42.5 Å². The molecule has 0 aliphatic rings. The Labute approximate surface area is 203 Å². The largest absolute Gasteiger partial charge is 0.354 e. The van der Waals surface area contributed by atoms with Crippen LogP contribution in [0.25, 0.3) is 0 Å². The molecule has 0 spiro atoms. The first kappa shape index (κ1) is 25.9. The van der Waals surface area contributed by atoms with Gasteiger partial charge in [0.05, 0.1) is 5.75 Å². The molecule has 2 amide bonds. The van der Waals surface area contributed by atoms with Crippen LogP contribution in [0.4, 0.5) is 0 Å². The lowest BCUT2D eigenvalue weighted by Crippen LogP contribution is -2.48. The molecule has 0 aromatic heterocycles. The van der Waals surface area contributed by atoms with Crippen molar-refractivity contribution in [3.8, 4) is 0 Å². The van der Waals surface area contributed by atoms with Crippen molar-refractivity contribution in [2.45, 2.75) is 45.0 Å². The minimum absolute atomic E-state index is 0.117. The van der Waals surface area contributed by atoms with Gasteiger partial charge in [-0.3, -0.25) is 9.59 Å². The molecule has 0 radical (unpaired) electrons. The second kappa shape index (κ2) is 13.2. The SMILES string of the molecule is CCCCNC(=O)[C@H](C)N(Cc1cccc(Cl)c1)C(=O)CSCc1ccc(Cl)cc1Cl. The van der Waals surface area contributed by atoms with E-state index in [1.807, 2.05) is 24.3 Å². The predicted octanol–water partition coefficient (Wildman–Crippen LogP) is 6.21. The molecule has 31 heavy (non-hydrogen) atoms. The Hall–Kier alpha value is -1.40. The Morgan fingerprint density at radius 1 is 1.10 bits per heavy atom. The zero-order valence-electron chi connectivity index (χ0n) is 17.7. The number of amides is 2. The Balaban J connectivity index is 2.06. The third-order valence-corrected chi connectivity index (χ3v) is 6.53. The zero-order chi connectivity index (χ0) is 22.8. The van der Waals surface area contributed by atoms with Gasteiger partial charge in [0.15, 0.2) is 0 Å². The summed E-state index contributed by atoms with van der Waals surface area (Å²) in [7, 11) is 0. The maximum absolute atomic E-state index is 13.1. The fraction of sp³-hybridized carbons (Fsp3) is 0.391. The van der Waals surface area contributed by atoms with Gasteiger partial charge in [-0.05, 0) is 48.7 Å². The van der Waals surface area contributed by atoms with Crippen molar-refractivity contribution in [2.75, 3.05) is 12.3 Å². The Kier molecular flexibility index (Phi) is 11.0. The van der Waals surface area contributed by atoms with Crippen LogP contribution < -0.4 is 5.32 Å². The summed E-state index contributed by atoms with van der Waals surface area (Å²) in [6.45, 7) is 4.73. The number of benzene rings is 2. The summed E-state index contributed by atoms with van der Waals surface area (Å²) >= 11 is 19.7. The Morgan fingerprint density at radius 3 is 2.52 bits per heavy atom. The lowest BCUT2D eigenvalue weighted by Gasteiger charge is -2.29. The van der Waals surface area contributed by atoms with Crippen LogP contribution in [-0.2, 0) is 21.9 Å². The number of nitrogens with one attached hydrogen (secondary N) is 1. The van der Waals surface area contributed by atoms with Gasteiger partial charge in [-0.25, -0.2) is 0 Å². The molecule has 2 rings (SSSR count). The van der Waals surface area contributed by atoms with Gasteiger partial charge in [-0.1, -0.05) is 66.3 Å². The number of halogens is 3. The highest BCUT2D eigenvalue weighted by Crippen LogP contribution is 2.25. The molecule has 4 nitrogen and oxygen atoms in total. The van der Waals surface area contributed by atoms with Gasteiger partial charge in [0.2, 0.25) is 11.8 Å². The third kappa shape index (κ3) is 8.57. The van der Waals surface area contributed by atoms with Gasteiger partial charge >= 0.3 is 0 Å². The van der Waals surface area contributed by atoms with Gasteiger partial charge in [-0.15, -0.1) is 11.8 Å². The van der Waals surface area contributed by atoms with Crippen molar-refractivity contribution in [3.05, 3.63) is 68.7 Å². The fourth-order valence-corrected chi connectivity index (χ4v) is 4.60. The molecule has 0 saturated carbocycles. The van der Waals surface area contributed by atoms with E-state index in [1.165, 1.54) is 11.8 Å². The molecule has 0 aliphatic heterocycles. The molecular weight excluding hydrogens is 475 g/mol. The summed E-state index contributed by atoms with van der Waals surface area (Å²) < 4.78 is 0. The maximum atomic E-state index is 13.1. The normalized spacial score (nSPS) is 11.8. The topological polar surface area (TPSA) is 49.4 Å². The maximum Gasteiger partial charge on any atom is 0.242 e. The van der Waals surface area contributed by atoms with E-state index >= 15 is 0 Å². The lowest BCUT2D eigenvalue weighted by molar-refractivity contribution is -0.138. The number of rotatable bonds is 11. The van der Waals surface area contributed by atoms with Gasteiger partial charge < -0.3 is 10.2 Å². The molecule has 0 unspecified atom stereocenters. The number of nitrogens with zero attached hydrogens (tertiary/aromatic N) is 1. The van der Waals surface area contributed by atoms with Gasteiger partial charge in [0.25, 0.3) is 0 Å². The van der Waals surface area contributed by atoms with Crippen molar-refractivity contribution in [2.24, 2.45) is 0 Å². The van der Waals surface area contributed by atoms with Crippen LogP contribution in [0.2, 0.25) is 15.1 Å². The number of hydrogen-bond acceptors (Lipinski definition) is 3. The summed E-state index contributed by atoms with van der Waals surface area (Å²) in [5, 5.41) is 4.66. The van der Waals surface area contributed by atoms with E-state index in [-0.39, 0.29) is 17.6 Å². The number of thioether (sulfide) groups is 1. The molecule has 0 fully saturated rings. The van der Waals surface area contributed by atoms with Crippen LogP contribution in [0, 0.1) is 0 Å². The average Bonchev–Trinajstić information content (AvgIpc) is 2.73. The van der Waals surface area contributed by atoms with Crippen molar-refractivity contribution in [3.63, 3.8) is 0 Å². The van der Waals surface area contributed by atoms with E-state index in [4.69, 9.17) is 34.8 Å². The highest BCUT2D eigenvalue weighted by Gasteiger charge is 2.26. The van der Waals surface area contributed by atoms with Crippen LogP contribution in [0.1, 0.15) is 37.8 Å². The quantitative estimate of drug-likeness (QED) is 0.372. The highest BCUT2D eigenvalue weighted by atomic mass is 35.5. The molecule has 2 aromatic carbocycles. The van der Waals surface area contributed by atoms with Crippen LogP contribution in [0.5, 0.6) is 0 Å². The predicted molar refractivity (Wildman–Crippen MR) is 132 cm³/mol. The number of unbranched alkanes of at least 4 members (excludes halogenated alkanes) is 1. The molecular formula is C23H27Cl3N2O2S. The molecule has 0 heterocycles. The first-order valence-electron chi connectivity index (χ1n) is 10.1. The van der Waals surface area contributed by atoms with Crippen LogP contribution in [-0.4, -0.2) is 35.1 Å². The summed E-state index contributed by atoms with van der Waals surface area (Å²) in [4.78, 5) is 27.3. The lowest BCUT2D eigenvalue weighted by atomic mass is 10.1. The highest BCUT2D eigenvalue weighted by molar-refractivity contribution is 7.99. The summed E-state index contributed by atoms with van der Waals surface area (Å²) in [6, 6.07) is 12.1. The molecule has 0 aliphatic carbocycles. The molecule has 1 atom stereocenters. The van der Waals surface area contributed by atoms with Crippen molar-refractivity contribution in [1.82, 2.24) is 10.2 Å². The minimum Gasteiger partial charge on any atom is -0.354 e. The third-order valence-electron chi connectivity index (χ3n) is 4.74. The van der Waals surface area contributed by atoms with Crippen LogP contribution >= 0.6 is 46.6 Å². The van der Waals surface area contributed by atoms with Crippen LogP contribution in [0.3, 0.4) is 0 Å². The Bertz CT molecular complexity index is 895. The second-order valence-electron chi connectivity index (χ2n) is 7.20. The van der Waals surface area contributed by atoms with Crippen molar-refractivity contribution < 1.29 is 9.59 Å². The summed E-state index contributed by atoms with van der Waals surface area (Å²) in [5.41, 5.74) is 1.79. The molecule has 1 N–H and O–H groups in total. The fourth-order valence-electron chi connectivity index (χ4n) is 2.92. The molecule has 0 saturated heterocycles. The monoisotopic (exact) mass is 500 g/mol. The van der Waals surface area contributed by atoms with E-state index < -0.39 is 6.04 Å². The first-order chi connectivity index (χ1) is 14.8. The molecule has 168 valence electrons. The Morgan fingerprint density at radius 2 is 1.84 bits per heavy atom. The van der Waals surface area contributed by atoms with E-state index in [9.17, 15) is 9.59 Å². The van der Waals surface area contributed by atoms with E-state index in [1.54, 1.807) is 30.0 Å². The number of carbonyl (C=O) groups is 2. The summed E-state index contributed by atoms with van der Waals surface area (Å²) in [6.07, 6.45) is 1.89. The van der Waals surface area contributed by atoms with E-state index in [0.717, 1.165) is 24.0 Å². The number of carbonyl (C=O) groups excluding carboxylic acids is 2. The first-order valence-corrected chi connectivity index (χ1v) is 12.4. The van der Waals surface area contributed by atoms with E-state index in [2.05, 4.69) is 12.2 Å². The number of hydrogen-bond donors (Lipinski definition) is 1. The zero-order valence-corrected chi connectivity index (χ0v) is 20.8. The molecule has 2 aromatic rings. The van der Waals surface area contributed by atoms with Gasteiger partial charge in [0.1, 0.15) is 6.04 Å². The molecule has 8 heteroatoms. The van der Waals surface area contributed by atoms with Crippen molar-refractivity contribution in [1.29, 1.82) is 0 Å². The van der Waals surface area contributed by atoms with E-state index in [0.29, 0.717) is 33.9 Å².